The van der Waals surface area contributed by atoms with E-state index in [1.807, 2.05) is 36.4 Å². The van der Waals surface area contributed by atoms with E-state index in [0.29, 0.717) is 5.02 Å². The standard InChI is InChI=1S/C18H18ClN3O/c19-16-6-2-1-5-14(16)8-9-18(23)21-15-10-12-22(13-15)17-7-3-4-11-20-17/h1-9,11,15H,10,12-13H2,(H,21,23). The monoisotopic (exact) mass is 327 g/mol. The zero-order valence-corrected chi connectivity index (χ0v) is 13.4. The normalized spacial score (nSPS) is 17.6. The van der Waals surface area contributed by atoms with Crippen molar-refractivity contribution in [3.8, 4) is 0 Å². The SMILES string of the molecule is O=C(C=Cc1ccccc1Cl)NC1CCN(c2ccccn2)C1. The molecule has 1 unspecified atom stereocenters. The smallest absolute Gasteiger partial charge is 0.244 e. The number of aromatic nitrogens is 1. The van der Waals surface area contributed by atoms with Gasteiger partial charge in [0.2, 0.25) is 5.91 Å². The molecular formula is C18H18ClN3O. The van der Waals surface area contributed by atoms with Crippen LogP contribution in [-0.4, -0.2) is 30.0 Å². The number of amides is 1. The molecule has 0 radical (unpaired) electrons. The summed E-state index contributed by atoms with van der Waals surface area (Å²) in [6.07, 6.45) is 5.98. The van der Waals surface area contributed by atoms with Gasteiger partial charge in [0.15, 0.2) is 0 Å². The molecule has 5 heteroatoms. The molecule has 2 heterocycles. The minimum atomic E-state index is -0.0993. The average Bonchev–Trinajstić information content (AvgIpc) is 3.03. The van der Waals surface area contributed by atoms with Gasteiger partial charge < -0.3 is 10.2 Å². The number of nitrogens with one attached hydrogen (secondary N) is 1. The molecule has 2 aromatic rings. The summed E-state index contributed by atoms with van der Waals surface area (Å²) in [5, 5.41) is 3.67. The molecule has 1 amide bonds. The average molecular weight is 328 g/mol. The molecule has 4 nitrogen and oxygen atoms in total. The largest absolute Gasteiger partial charge is 0.354 e. The van der Waals surface area contributed by atoms with Crippen molar-refractivity contribution in [2.24, 2.45) is 0 Å². The van der Waals surface area contributed by atoms with Crippen molar-refractivity contribution in [3.05, 3.63) is 65.3 Å². The Labute approximate surface area is 140 Å². The predicted molar refractivity (Wildman–Crippen MR) is 93.5 cm³/mol. The highest BCUT2D eigenvalue weighted by molar-refractivity contribution is 6.32. The number of hydrogen-bond donors (Lipinski definition) is 1. The van der Waals surface area contributed by atoms with Crippen LogP contribution >= 0.6 is 11.6 Å². The lowest BCUT2D eigenvalue weighted by atomic mass is 10.2. The van der Waals surface area contributed by atoms with Crippen LogP contribution in [0.1, 0.15) is 12.0 Å². The highest BCUT2D eigenvalue weighted by Crippen LogP contribution is 2.18. The molecule has 1 aliphatic rings. The first-order valence-electron chi connectivity index (χ1n) is 7.61. The minimum Gasteiger partial charge on any atom is -0.354 e. The number of halogens is 1. The Kier molecular flexibility index (Phi) is 4.93. The third-order valence-corrected chi connectivity index (χ3v) is 4.17. The molecule has 1 N–H and O–H groups in total. The summed E-state index contributed by atoms with van der Waals surface area (Å²) in [5.74, 6) is 0.855. The zero-order chi connectivity index (χ0) is 16.1. The second-order valence-electron chi connectivity index (χ2n) is 5.48. The highest BCUT2D eigenvalue weighted by atomic mass is 35.5. The van der Waals surface area contributed by atoms with Gasteiger partial charge in [-0.05, 0) is 36.3 Å². The van der Waals surface area contributed by atoms with Crippen LogP contribution in [0.3, 0.4) is 0 Å². The first kappa shape index (κ1) is 15.6. The molecular weight excluding hydrogens is 310 g/mol. The van der Waals surface area contributed by atoms with E-state index >= 15 is 0 Å². The van der Waals surface area contributed by atoms with Crippen molar-refractivity contribution >= 4 is 29.4 Å². The van der Waals surface area contributed by atoms with Crippen molar-refractivity contribution in [1.29, 1.82) is 0 Å². The van der Waals surface area contributed by atoms with Crippen LogP contribution in [0.25, 0.3) is 6.08 Å². The van der Waals surface area contributed by atoms with E-state index in [1.165, 1.54) is 6.08 Å². The number of anilines is 1. The summed E-state index contributed by atoms with van der Waals surface area (Å²) < 4.78 is 0. The second kappa shape index (κ2) is 7.29. The summed E-state index contributed by atoms with van der Waals surface area (Å²) >= 11 is 6.07. The van der Waals surface area contributed by atoms with Gasteiger partial charge >= 0.3 is 0 Å². The maximum absolute atomic E-state index is 12.1. The van der Waals surface area contributed by atoms with Crippen LogP contribution in [0, 0.1) is 0 Å². The molecule has 23 heavy (non-hydrogen) atoms. The molecule has 1 saturated heterocycles. The third-order valence-electron chi connectivity index (χ3n) is 3.83. The molecule has 0 aliphatic carbocycles. The third kappa shape index (κ3) is 4.11. The first-order valence-corrected chi connectivity index (χ1v) is 7.99. The van der Waals surface area contributed by atoms with E-state index in [0.717, 1.165) is 30.9 Å². The van der Waals surface area contributed by atoms with Crippen molar-refractivity contribution < 1.29 is 4.79 Å². The van der Waals surface area contributed by atoms with Crippen LogP contribution in [-0.2, 0) is 4.79 Å². The number of nitrogens with zero attached hydrogens (tertiary/aromatic N) is 2. The Balaban J connectivity index is 1.54. The topological polar surface area (TPSA) is 45.2 Å². The van der Waals surface area contributed by atoms with Crippen molar-refractivity contribution in [2.45, 2.75) is 12.5 Å². The van der Waals surface area contributed by atoms with Gasteiger partial charge in [-0.3, -0.25) is 4.79 Å². The summed E-state index contributed by atoms with van der Waals surface area (Å²) in [6.45, 7) is 1.68. The molecule has 3 rings (SSSR count). The summed E-state index contributed by atoms with van der Waals surface area (Å²) in [7, 11) is 0. The van der Waals surface area contributed by atoms with Crippen LogP contribution in [0.4, 0.5) is 5.82 Å². The van der Waals surface area contributed by atoms with Gasteiger partial charge in [-0.2, -0.15) is 0 Å². The van der Waals surface area contributed by atoms with Gasteiger partial charge in [0.1, 0.15) is 5.82 Å². The summed E-state index contributed by atoms with van der Waals surface area (Å²) in [5.41, 5.74) is 0.839. The van der Waals surface area contributed by atoms with Gasteiger partial charge in [-0.25, -0.2) is 4.98 Å². The Morgan fingerprint density at radius 2 is 2.09 bits per heavy atom. The Bertz CT molecular complexity index is 702. The van der Waals surface area contributed by atoms with E-state index in [4.69, 9.17) is 11.6 Å². The predicted octanol–water partition coefficient (Wildman–Crippen LogP) is 3.14. The maximum Gasteiger partial charge on any atom is 0.244 e. The first-order chi connectivity index (χ1) is 11.2. The van der Waals surface area contributed by atoms with Crippen LogP contribution < -0.4 is 10.2 Å². The van der Waals surface area contributed by atoms with Crippen molar-refractivity contribution in [1.82, 2.24) is 10.3 Å². The fraction of sp³-hybridized carbons (Fsp3) is 0.222. The lowest BCUT2D eigenvalue weighted by Gasteiger charge is -2.17. The fourth-order valence-electron chi connectivity index (χ4n) is 2.65. The van der Waals surface area contributed by atoms with E-state index < -0.39 is 0 Å². The Hall–Kier alpha value is -2.33. The maximum atomic E-state index is 12.1. The fourth-order valence-corrected chi connectivity index (χ4v) is 2.85. The molecule has 1 aliphatic heterocycles. The highest BCUT2D eigenvalue weighted by Gasteiger charge is 2.23. The molecule has 1 aromatic carbocycles. The van der Waals surface area contributed by atoms with Crippen LogP contribution in [0.5, 0.6) is 0 Å². The number of rotatable bonds is 4. The molecule has 118 valence electrons. The van der Waals surface area contributed by atoms with E-state index in [9.17, 15) is 4.79 Å². The number of benzene rings is 1. The molecule has 0 bridgehead atoms. The van der Waals surface area contributed by atoms with Crippen LogP contribution in [0.15, 0.2) is 54.7 Å². The summed E-state index contributed by atoms with van der Waals surface area (Å²) in [6, 6.07) is 13.4. The van der Waals surface area contributed by atoms with Gasteiger partial charge in [-0.1, -0.05) is 35.9 Å². The van der Waals surface area contributed by atoms with E-state index in [-0.39, 0.29) is 11.9 Å². The summed E-state index contributed by atoms with van der Waals surface area (Å²) in [4.78, 5) is 18.6. The van der Waals surface area contributed by atoms with Gasteiger partial charge in [0, 0.05) is 36.4 Å². The minimum absolute atomic E-state index is 0.0993. The number of hydrogen-bond acceptors (Lipinski definition) is 3. The molecule has 1 fully saturated rings. The number of carbonyl (C=O) groups is 1. The lowest BCUT2D eigenvalue weighted by molar-refractivity contribution is -0.117. The lowest BCUT2D eigenvalue weighted by Crippen LogP contribution is -2.36. The molecule has 0 spiro atoms. The van der Waals surface area contributed by atoms with E-state index in [2.05, 4.69) is 15.2 Å². The molecule has 1 atom stereocenters. The number of pyridine rings is 1. The van der Waals surface area contributed by atoms with E-state index in [1.54, 1.807) is 18.3 Å². The molecule has 1 aromatic heterocycles. The van der Waals surface area contributed by atoms with Gasteiger partial charge in [-0.15, -0.1) is 0 Å². The Morgan fingerprint density at radius 3 is 2.87 bits per heavy atom. The molecule has 0 saturated carbocycles. The number of carbonyl (C=O) groups excluding carboxylic acids is 1. The van der Waals surface area contributed by atoms with Gasteiger partial charge in [0.05, 0.1) is 0 Å². The Morgan fingerprint density at radius 1 is 1.26 bits per heavy atom. The van der Waals surface area contributed by atoms with Gasteiger partial charge in [0.25, 0.3) is 0 Å². The second-order valence-corrected chi connectivity index (χ2v) is 5.89. The van der Waals surface area contributed by atoms with Crippen LogP contribution in [0.2, 0.25) is 5.02 Å². The van der Waals surface area contributed by atoms with Crippen molar-refractivity contribution in [2.75, 3.05) is 18.0 Å². The quantitative estimate of drug-likeness (QED) is 0.877. The van der Waals surface area contributed by atoms with Crippen molar-refractivity contribution in [3.63, 3.8) is 0 Å². The zero-order valence-electron chi connectivity index (χ0n) is 12.7.